The Morgan fingerprint density at radius 3 is 2.48 bits per heavy atom. The molecule has 0 radical (unpaired) electrons. The second-order valence-electron chi connectivity index (χ2n) is 5.45. The van der Waals surface area contributed by atoms with Crippen molar-refractivity contribution >= 4 is 11.7 Å². The van der Waals surface area contributed by atoms with Crippen molar-refractivity contribution in [2.75, 3.05) is 6.61 Å². The minimum absolute atomic E-state index is 0.000942. The molecule has 0 aliphatic heterocycles. The van der Waals surface area contributed by atoms with Crippen LogP contribution < -0.4 is 0 Å². The van der Waals surface area contributed by atoms with Crippen LogP contribution in [0.5, 0.6) is 0 Å². The standard InChI is InChI=1S/C18H13F3N2O4/c1-2-27-17(24)16(11-4-3-5-14(9-11)18(19,20)21)12-6-7-15(23(25)26)13(8-12)10-22/h3-9,16H,2H2,1H3/t16-/m1/s1. The Balaban J connectivity index is 2.62. The summed E-state index contributed by atoms with van der Waals surface area (Å²) in [5.74, 6) is -2.09. The molecule has 0 bridgehead atoms. The zero-order valence-corrected chi connectivity index (χ0v) is 14.0. The molecule has 0 amide bonds. The molecule has 0 aliphatic carbocycles. The van der Waals surface area contributed by atoms with E-state index >= 15 is 0 Å². The van der Waals surface area contributed by atoms with Crippen molar-refractivity contribution in [2.45, 2.75) is 19.0 Å². The van der Waals surface area contributed by atoms with E-state index in [1.165, 1.54) is 19.1 Å². The van der Waals surface area contributed by atoms with Crippen LogP contribution in [-0.2, 0) is 15.7 Å². The SMILES string of the molecule is CCOC(=O)[C@H](c1cccc(C(F)(F)F)c1)c1ccc([N+](=O)[O-])c(C#N)c1. The number of alkyl halides is 3. The average Bonchev–Trinajstić information content (AvgIpc) is 2.61. The van der Waals surface area contributed by atoms with Crippen LogP contribution in [-0.4, -0.2) is 17.5 Å². The van der Waals surface area contributed by atoms with Crippen molar-refractivity contribution in [3.63, 3.8) is 0 Å². The highest BCUT2D eigenvalue weighted by Crippen LogP contribution is 2.34. The van der Waals surface area contributed by atoms with Crippen LogP contribution in [0.4, 0.5) is 18.9 Å². The minimum Gasteiger partial charge on any atom is -0.465 e. The fourth-order valence-electron chi connectivity index (χ4n) is 2.57. The number of nitro benzene ring substituents is 1. The molecule has 140 valence electrons. The summed E-state index contributed by atoms with van der Waals surface area (Å²) in [6.45, 7) is 1.53. The zero-order valence-electron chi connectivity index (χ0n) is 14.0. The summed E-state index contributed by atoms with van der Waals surface area (Å²) in [5, 5.41) is 20.1. The first-order valence-electron chi connectivity index (χ1n) is 7.71. The highest BCUT2D eigenvalue weighted by molar-refractivity contribution is 5.82. The first kappa shape index (κ1) is 19.9. The van der Waals surface area contributed by atoms with Crippen LogP contribution in [0.25, 0.3) is 0 Å². The van der Waals surface area contributed by atoms with Gasteiger partial charge in [-0.15, -0.1) is 0 Å². The van der Waals surface area contributed by atoms with Gasteiger partial charge in [0, 0.05) is 6.07 Å². The van der Waals surface area contributed by atoms with Gasteiger partial charge in [-0.3, -0.25) is 14.9 Å². The third-order valence-electron chi connectivity index (χ3n) is 3.74. The second kappa shape index (κ2) is 7.86. The molecule has 0 spiro atoms. The number of carbonyl (C=O) groups is 1. The van der Waals surface area contributed by atoms with Crippen molar-refractivity contribution in [1.29, 1.82) is 5.26 Å². The molecule has 1 atom stereocenters. The third-order valence-corrected chi connectivity index (χ3v) is 3.74. The number of rotatable bonds is 5. The number of esters is 1. The number of nitrogens with zero attached hydrogens (tertiary/aromatic N) is 2. The molecule has 0 saturated heterocycles. The summed E-state index contributed by atoms with van der Waals surface area (Å²) in [6.07, 6.45) is -4.61. The van der Waals surface area contributed by atoms with Crippen LogP contribution in [0.3, 0.4) is 0 Å². The summed E-state index contributed by atoms with van der Waals surface area (Å²) in [7, 11) is 0. The molecule has 0 fully saturated rings. The van der Waals surface area contributed by atoms with E-state index in [2.05, 4.69) is 0 Å². The van der Waals surface area contributed by atoms with Crippen molar-refractivity contribution in [3.8, 4) is 6.07 Å². The van der Waals surface area contributed by atoms with Crippen LogP contribution in [0, 0.1) is 21.4 Å². The lowest BCUT2D eigenvalue weighted by atomic mass is 9.89. The first-order valence-corrected chi connectivity index (χ1v) is 7.71. The highest BCUT2D eigenvalue weighted by Gasteiger charge is 2.33. The molecule has 0 N–H and O–H groups in total. The summed E-state index contributed by atoms with van der Waals surface area (Å²) in [5.41, 5.74) is -1.60. The third kappa shape index (κ3) is 4.41. The van der Waals surface area contributed by atoms with E-state index < -0.39 is 34.2 Å². The Bertz CT molecular complexity index is 920. The maximum absolute atomic E-state index is 13.0. The molecule has 6 nitrogen and oxygen atoms in total. The lowest BCUT2D eigenvalue weighted by Gasteiger charge is -2.18. The number of nitriles is 1. The average molecular weight is 378 g/mol. The van der Waals surface area contributed by atoms with E-state index in [4.69, 9.17) is 10.00 Å². The molecular weight excluding hydrogens is 365 g/mol. The van der Waals surface area contributed by atoms with E-state index in [0.717, 1.165) is 30.3 Å². The Morgan fingerprint density at radius 2 is 1.93 bits per heavy atom. The molecule has 27 heavy (non-hydrogen) atoms. The van der Waals surface area contributed by atoms with Crippen molar-refractivity contribution in [2.24, 2.45) is 0 Å². The second-order valence-corrected chi connectivity index (χ2v) is 5.45. The molecule has 0 aliphatic rings. The molecule has 2 rings (SSSR count). The largest absolute Gasteiger partial charge is 0.465 e. The molecule has 0 unspecified atom stereocenters. The quantitative estimate of drug-likeness (QED) is 0.442. The van der Waals surface area contributed by atoms with E-state index in [9.17, 15) is 28.1 Å². The Morgan fingerprint density at radius 1 is 1.26 bits per heavy atom. The van der Waals surface area contributed by atoms with Gasteiger partial charge in [0.1, 0.15) is 17.6 Å². The summed E-state index contributed by atoms with van der Waals surface area (Å²) >= 11 is 0. The van der Waals surface area contributed by atoms with Crippen LogP contribution >= 0.6 is 0 Å². The maximum Gasteiger partial charge on any atom is 0.416 e. The molecule has 0 aromatic heterocycles. The number of hydrogen-bond donors (Lipinski definition) is 0. The van der Waals surface area contributed by atoms with Gasteiger partial charge in [0.15, 0.2) is 0 Å². The first-order chi connectivity index (χ1) is 12.7. The number of nitro groups is 1. The Hall–Kier alpha value is -3.41. The van der Waals surface area contributed by atoms with Gasteiger partial charge in [0.05, 0.1) is 17.1 Å². The fraction of sp³-hybridized carbons (Fsp3) is 0.222. The van der Waals surface area contributed by atoms with Crippen LogP contribution in [0.15, 0.2) is 42.5 Å². The van der Waals surface area contributed by atoms with Gasteiger partial charge in [0.2, 0.25) is 0 Å². The van der Waals surface area contributed by atoms with Gasteiger partial charge in [0.25, 0.3) is 5.69 Å². The summed E-state index contributed by atoms with van der Waals surface area (Å²) in [4.78, 5) is 22.6. The zero-order chi connectivity index (χ0) is 20.2. The lowest BCUT2D eigenvalue weighted by molar-refractivity contribution is -0.385. The number of carbonyl (C=O) groups excluding carboxylic acids is 1. The fourth-order valence-corrected chi connectivity index (χ4v) is 2.57. The smallest absolute Gasteiger partial charge is 0.416 e. The van der Waals surface area contributed by atoms with Gasteiger partial charge >= 0.3 is 12.1 Å². The predicted octanol–water partition coefficient (Wildman–Crippen LogP) is 4.18. The van der Waals surface area contributed by atoms with E-state index in [1.54, 1.807) is 6.07 Å². The Labute approximate surface area is 151 Å². The highest BCUT2D eigenvalue weighted by atomic mass is 19.4. The Kier molecular flexibility index (Phi) is 5.80. The topological polar surface area (TPSA) is 93.2 Å². The van der Waals surface area contributed by atoms with E-state index in [0.29, 0.717) is 0 Å². The number of hydrogen-bond acceptors (Lipinski definition) is 5. The number of halogens is 3. The molecule has 2 aromatic rings. The molecule has 9 heteroatoms. The van der Waals surface area contributed by atoms with Crippen LogP contribution in [0.1, 0.15) is 35.1 Å². The normalized spacial score (nSPS) is 12.1. The number of ether oxygens (including phenoxy) is 1. The maximum atomic E-state index is 13.0. The van der Waals surface area contributed by atoms with Crippen molar-refractivity contribution < 1.29 is 27.6 Å². The van der Waals surface area contributed by atoms with Gasteiger partial charge in [-0.25, -0.2) is 0 Å². The molecule has 0 saturated carbocycles. The predicted molar refractivity (Wildman–Crippen MR) is 87.7 cm³/mol. The van der Waals surface area contributed by atoms with Gasteiger partial charge in [-0.2, -0.15) is 18.4 Å². The summed E-state index contributed by atoms with van der Waals surface area (Å²) < 4.78 is 44.0. The lowest BCUT2D eigenvalue weighted by Crippen LogP contribution is -2.18. The molecule has 0 heterocycles. The van der Waals surface area contributed by atoms with Crippen molar-refractivity contribution in [3.05, 3.63) is 74.8 Å². The molecular formula is C18H13F3N2O4. The van der Waals surface area contributed by atoms with Crippen LogP contribution in [0.2, 0.25) is 0 Å². The number of benzene rings is 2. The van der Waals surface area contributed by atoms with Gasteiger partial charge in [-0.05, 0) is 30.2 Å². The monoisotopic (exact) mass is 378 g/mol. The van der Waals surface area contributed by atoms with Gasteiger partial charge < -0.3 is 4.74 Å². The van der Waals surface area contributed by atoms with E-state index in [-0.39, 0.29) is 23.3 Å². The minimum atomic E-state index is -4.61. The van der Waals surface area contributed by atoms with Crippen molar-refractivity contribution in [1.82, 2.24) is 0 Å². The molecule has 2 aromatic carbocycles. The van der Waals surface area contributed by atoms with E-state index in [1.807, 2.05) is 0 Å². The summed E-state index contributed by atoms with van der Waals surface area (Å²) in [6, 6.07) is 9.18. The van der Waals surface area contributed by atoms with Gasteiger partial charge in [-0.1, -0.05) is 24.3 Å².